The molecule has 0 aliphatic rings. The van der Waals surface area contributed by atoms with Gasteiger partial charge in [-0.05, 0) is 49.7 Å². The van der Waals surface area contributed by atoms with E-state index in [-0.39, 0.29) is 12.1 Å². The molecule has 146 valence electrons. The van der Waals surface area contributed by atoms with Crippen LogP contribution >= 0.6 is 0 Å². The number of hydrogen-bond donors (Lipinski definition) is 2. The van der Waals surface area contributed by atoms with E-state index in [9.17, 15) is 8.78 Å². The second-order valence-corrected chi connectivity index (χ2v) is 5.70. The zero-order valence-electron chi connectivity index (χ0n) is 15.8. The fourth-order valence-corrected chi connectivity index (χ4v) is 2.45. The molecule has 2 aromatic rings. The topological polar surface area (TPSA) is 54.9 Å². The first-order valence-electron chi connectivity index (χ1n) is 8.83. The molecule has 0 unspecified atom stereocenters. The SMILES string of the molecule is CCNC(=NCc1ccc(OCC)c(OC)c1)NCc1cc(F)ccc1F. The molecule has 0 bridgehead atoms. The molecule has 27 heavy (non-hydrogen) atoms. The number of halogens is 2. The maximum absolute atomic E-state index is 13.7. The van der Waals surface area contributed by atoms with Crippen LogP contribution in [0.5, 0.6) is 11.5 Å². The summed E-state index contributed by atoms with van der Waals surface area (Å²) in [7, 11) is 1.59. The van der Waals surface area contributed by atoms with Crippen molar-refractivity contribution >= 4 is 5.96 Å². The summed E-state index contributed by atoms with van der Waals surface area (Å²) in [5, 5.41) is 6.10. The van der Waals surface area contributed by atoms with Crippen molar-refractivity contribution in [1.82, 2.24) is 10.6 Å². The van der Waals surface area contributed by atoms with Crippen molar-refractivity contribution in [3.05, 3.63) is 59.2 Å². The summed E-state index contributed by atoms with van der Waals surface area (Å²) in [4.78, 5) is 4.48. The number of hydrogen-bond acceptors (Lipinski definition) is 3. The van der Waals surface area contributed by atoms with Gasteiger partial charge < -0.3 is 20.1 Å². The zero-order chi connectivity index (χ0) is 19.6. The number of nitrogens with zero attached hydrogens (tertiary/aromatic N) is 1. The number of rotatable bonds is 8. The minimum absolute atomic E-state index is 0.127. The summed E-state index contributed by atoms with van der Waals surface area (Å²) in [5.74, 6) is 0.894. The molecule has 0 saturated heterocycles. The average molecular weight is 377 g/mol. The van der Waals surface area contributed by atoms with Gasteiger partial charge in [0.25, 0.3) is 0 Å². The molecule has 0 spiro atoms. The Balaban J connectivity index is 2.07. The van der Waals surface area contributed by atoms with Gasteiger partial charge in [0.15, 0.2) is 17.5 Å². The third-order valence-electron chi connectivity index (χ3n) is 3.75. The van der Waals surface area contributed by atoms with Gasteiger partial charge in [0.1, 0.15) is 11.6 Å². The molecule has 0 amide bonds. The second-order valence-electron chi connectivity index (χ2n) is 5.70. The first-order valence-corrected chi connectivity index (χ1v) is 8.83. The van der Waals surface area contributed by atoms with E-state index in [0.29, 0.717) is 37.2 Å². The van der Waals surface area contributed by atoms with Crippen molar-refractivity contribution in [3.8, 4) is 11.5 Å². The van der Waals surface area contributed by atoms with E-state index in [1.165, 1.54) is 6.07 Å². The molecule has 2 rings (SSSR count). The van der Waals surface area contributed by atoms with Crippen LogP contribution in [0.2, 0.25) is 0 Å². The van der Waals surface area contributed by atoms with Gasteiger partial charge in [0.05, 0.1) is 20.3 Å². The minimum atomic E-state index is -0.475. The number of aliphatic imine (C=N–C) groups is 1. The Bertz CT molecular complexity index is 782. The van der Waals surface area contributed by atoms with Gasteiger partial charge >= 0.3 is 0 Å². The van der Waals surface area contributed by atoms with Crippen LogP contribution in [0.1, 0.15) is 25.0 Å². The fourth-order valence-electron chi connectivity index (χ4n) is 2.45. The van der Waals surface area contributed by atoms with Crippen LogP contribution in [0, 0.1) is 11.6 Å². The highest BCUT2D eigenvalue weighted by Gasteiger charge is 2.07. The molecular weight excluding hydrogens is 352 g/mol. The molecule has 0 heterocycles. The molecule has 0 radical (unpaired) electrons. The molecule has 5 nitrogen and oxygen atoms in total. The lowest BCUT2D eigenvalue weighted by Crippen LogP contribution is -2.37. The lowest BCUT2D eigenvalue weighted by Gasteiger charge is -2.13. The zero-order valence-corrected chi connectivity index (χ0v) is 15.8. The Labute approximate surface area is 158 Å². The van der Waals surface area contributed by atoms with E-state index in [2.05, 4.69) is 15.6 Å². The van der Waals surface area contributed by atoms with Crippen molar-refractivity contribution in [2.45, 2.75) is 26.9 Å². The van der Waals surface area contributed by atoms with Gasteiger partial charge in [-0.15, -0.1) is 0 Å². The number of methoxy groups -OCH3 is 1. The highest BCUT2D eigenvalue weighted by molar-refractivity contribution is 5.79. The summed E-state index contributed by atoms with van der Waals surface area (Å²) in [6.45, 7) is 5.56. The lowest BCUT2D eigenvalue weighted by atomic mass is 10.2. The van der Waals surface area contributed by atoms with Crippen molar-refractivity contribution in [1.29, 1.82) is 0 Å². The molecule has 0 aromatic heterocycles. The highest BCUT2D eigenvalue weighted by Crippen LogP contribution is 2.28. The summed E-state index contributed by atoms with van der Waals surface area (Å²) in [5.41, 5.74) is 1.17. The van der Waals surface area contributed by atoms with Gasteiger partial charge in [-0.2, -0.15) is 0 Å². The van der Waals surface area contributed by atoms with Crippen LogP contribution in [-0.4, -0.2) is 26.2 Å². The fraction of sp³-hybridized carbons (Fsp3) is 0.350. The van der Waals surface area contributed by atoms with E-state index in [4.69, 9.17) is 9.47 Å². The van der Waals surface area contributed by atoms with E-state index in [1.54, 1.807) is 7.11 Å². The normalized spacial score (nSPS) is 11.2. The van der Waals surface area contributed by atoms with Crippen LogP contribution < -0.4 is 20.1 Å². The van der Waals surface area contributed by atoms with E-state index in [1.807, 2.05) is 32.0 Å². The Morgan fingerprint density at radius 1 is 1.04 bits per heavy atom. The summed E-state index contributed by atoms with van der Waals surface area (Å²) in [6.07, 6.45) is 0. The third kappa shape index (κ3) is 6.13. The van der Waals surface area contributed by atoms with Crippen molar-refractivity contribution in [2.24, 2.45) is 4.99 Å². The Kier molecular flexibility index (Phi) is 7.85. The molecule has 0 fully saturated rings. The number of guanidine groups is 1. The average Bonchev–Trinajstić information content (AvgIpc) is 2.67. The number of ether oxygens (including phenoxy) is 2. The smallest absolute Gasteiger partial charge is 0.191 e. The van der Waals surface area contributed by atoms with Crippen LogP contribution in [0.3, 0.4) is 0 Å². The molecule has 0 atom stereocenters. The Morgan fingerprint density at radius 2 is 1.85 bits per heavy atom. The Morgan fingerprint density at radius 3 is 2.56 bits per heavy atom. The summed E-state index contributed by atoms with van der Waals surface area (Å²) >= 11 is 0. The maximum atomic E-state index is 13.7. The molecule has 2 aromatic carbocycles. The second kappa shape index (κ2) is 10.4. The Hall–Kier alpha value is -2.83. The third-order valence-corrected chi connectivity index (χ3v) is 3.75. The quantitative estimate of drug-likeness (QED) is 0.545. The van der Waals surface area contributed by atoms with Crippen LogP contribution in [0.25, 0.3) is 0 Å². The van der Waals surface area contributed by atoms with E-state index < -0.39 is 11.6 Å². The van der Waals surface area contributed by atoms with E-state index >= 15 is 0 Å². The van der Waals surface area contributed by atoms with Crippen LogP contribution in [0.15, 0.2) is 41.4 Å². The predicted molar refractivity (Wildman–Crippen MR) is 102 cm³/mol. The molecule has 0 aliphatic heterocycles. The standard InChI is InChI=1S/C20H25F2N3O2/c1-4-23-20(25-13-15-11-16(21)7-8-17(15)22)24-12-14-6-9-18(27-5-2)19(10-14)26-3/h6-11H,4-5,12-13H2,1-3H3,(H2,23,24,25). The molecular formula is C20H25F2N3O2. The van der Waals surface area contributed by atoms with Gasteiger partial charge in [-0.1, -0.05) is 6.07 Å². The largest absolute Gasteiger partial charge is 0.493 e. The van der Waals surface area contributed by atoms with Gasteiger partial charge in [0.2, 0.25) is 0 Å². The number of nitrogens with one attached hydrogen (secondary N) is 2. The van der Waals surface area contributed by atoms with Gasteiger partial charge in [0, 0.05) is 18.7 Å². The maximum Gasteiger partial charge on any atom is 0.191 e. The molecule has 2 N–H and O–H groups in total. The molecule has 0 aliphatic carbocycles. The van der Waals surface area contributed by atoms with Crippen molar-refractivity contribution in [2.75, 3.05) is 20.3 Å². The molecule has 7 heteroatoms. The lowest BCUT2D eigenvalue weighted by molar-refractivity contribution is 0.310. The van der Waals surface area contributed by atoms with Crippen LogP contribution in [0.4, 0.5) is 8.78 Å². The van der Waals surface area contributed by atoms with Gasteiger partial charge in [-0.25, -0.2) is 13.8 Å². The monoisotopic (exact) mass is 377 g/mol. The predicted octanol–water partition coefficient (Wildman–Crippen LogP) is 3.63. The highest BCUT2D eigenvalue weighted by atomic mass is 19.1. The minimum Gasteiger partial charge on any atom is -0.493 e. The van der Waals surface area contributed by atoms with Crippen molar-refractivity contribution < 1.29 is 18.3 Å². The molecule has 0 saturated carbocycles. The van der Waals surface area contributed by atoms with Crippen LogP contribution in [-0.2, 0) is 13.1 Å². The van der Waals surface area contributed by atoms with E-state index in [0.717, 1.165) is 17.7 Å². The first kappa shape index (κ1) is 20.5. The van der Waals surface area contributed by atoms with Crippen molar-refractivity contribution in [3.63, 3.8) is 0 Å². The summed E-state index contributed by atoms with van der Waals surface area (Å²) in [6, 6.07) is 9.00. The first-order chi connectivity index (χ1) is 13.1. The number of benzene rings is 2. The summed E-state index contributed by atoms with van der Waals surface area (Å²) < 4.78 is 37.9. The van der Waals surface area contributed by atoms with Gasteiger partial charge in [-0.3, -0.25) is 0 Å².